The molecule has 0 bridgehead atoms. The highest BCUT2D eigenvalue weighted by molar-refractivity contribution is 6.09. The second kappa shape index (κ2) is 8.98. The minimum atomic E-state index is -0.461. The monoisotopic (exact) mass is 472 g/mol. The van der Waals surface area contributed by atoms with Crippen LogP contribution in [0.15, 0.2) is 82.0 Å². The SMILES string of the molecule is O=C(c1ccco1)N1N=C2/C(=C/c3ccc([N+](=O)[O-])cc3)CCC[C@H]2[C@H]1c1ccc([N+](=O)[O-])cc1. The van der Waals surface area contributed by atoms with E-state index in [-0.39, 0.29) is 23.1 Å². The lowest BCUT2D eigenvalue weighted by Crippen LogP contribution is -2.31. The Balaban J connectivity index is 1.54. The number of allylic oxidation sites excluding steroid dienone is 1. The molecule has 1 aliphatic heterocycles. The molecule has 5 rings (SSSR count). The Labute approximate surface area is 199 Å². The largest absolute Gasteiger partial charge is 0.459 e. The van der Waals surface area contributed by atoms with Crippen molar-refractivity contribution in [1.29, 1.82) is 0 Å². The summed E-state index contributed by atoms with van der Waals surface area (Å²) in [4.78, 5) is 34.5. The van der Waals surface area contributed by atoms with Gasteiger partial charge in [-0.2, -0.15) is 5.10 Å². The van der Waals surface area contributed by atoms with Gasteiger partial charge < -0.3 is 4.42 Å². The summed E-state index contributed by atoms with van der Waals surface area (Å²) in [5.41, 5.74) is 3.27. The maximum Gasteiger partial charge on any atom is 0.310 e. The van der Waals surface area contributed by atoms with Crippen LogP contribution in [0.25, 0.3) is 6.08 Å². The highest BCUT2D eigenvalue weighted by Crippen LogP contribution is 2.45. The summed E-state index contributed by atoms with van der Waals surface area (Å²) in [5, 5.41) is 28.2. The molecule has 1 saturated carbocycles. The predicted octanol–water partition coefficient (Wildman–Crippen LogP) is 5.53. The Morgan fingerprint density at radius 3 is 2.26 bits per heavy atom. The maximum absolute atomic E-state index is 13.3. The Hall–Kier alpha value is -4.60. The molecule has 35 heavy (non-hydrogen) atoms. The minimum Gasteiger partial charge on any atom is -0.459 e. The molecule has 0 unspecified atom stereocenters. The highest BCUT2D eigenvalue weighted by Gasteiger charge is 2.44. The van der Waals surface area contributed by atoms with Crippen molar-refractivity contribution in [2.24, 2.45) is 11.0 Å². The van der Waals surface area contributed by atoms with Crippen LogP contribution in [0, 0.1) is 26.1 Å². The Bertz CT molecular complexity index is 1340. The summed E-state index contributed by atoms with van der Waals surface area (Å²) in [6.45, 7) is 0. The molecule has 0 N–H and O–H groups in total. The molecule has 1 aromatic heterocycles. The fraction of sp³-hybridized carbons (Fsp3) is 0.200. The number of nitro groups is 2. The summed E-state index contributed by atoms with van der Waals surface area (Å²) in [6.07, 6.45) is 5.78. The van der Waals surface area contributed by atoms with Gasteiger partial charge in [-0.3, -0.25) is 25.0 Å². The van der Waals surface area contributed by atoms with Crippen LogP contribution in [-0.4, -0.2) is 26.5 Å². The average Bonchev–Trinajstić information content (AvgIpc) is 3.53. The van der Waals surface area contributed by atoms with Crippen LogP contribution in [0.1, 0.15) is 47.0 Å². The average molecular weight is 472 g/mol. The van der Waals surface area contributed by atoms with Crippen LogP contribution in [0.5, 0.6) is 0 Å². The van der Waals surface area contributed by atoms with Gasteiger partial charge in [0.15, 0.2) is 5.76 Å². The predicted molar refractivity (Wildman–Crippen MR) is 127 cm³/mol. The molecule has 1 fully saturated rings. The van der Waals surface area contributed by atoms with E-state index in [2.05, 4.69) is 0 Å². The number of carbonyl (C=O) groups is 1. The fourth-order valence-corrected chi connectivity index (χ4v) is 4.70. The van der Waals surface area contributed by atoms with Crippen LogP contribution in [0.2, 0.25) is 0 Å². The number of rotatable bonds is 5. The number of nitro benzene ring substituents is 2. The quantitative estimate of drug-likeness (QED) is 0.354. The highest BCUT2D eigenvalue weighted by atomic mass is 16.6. The number of nitrogens with zero attached hydrogens (tertiary/aromatic N) is 4. The first-order valence-corrected chi connectivity index (χ1v) is 11.1. The van der Waals surface area contributed by atoms with Crippen molar-refractivity contribution in [2.45, 2.75) is 25.3 Å². The minimum absolute atomic E-state index is 0.0142. The molecule has 2 atom stereocenters. The van der Waals surface area contributed by atoms with Crippen molar-refractivity contribution in [3.05, 3.63) is 110 Å². The van der Waals surface area contributed by atoms with E-state index in [0.717, 1.165) is 41.7 Å². The number of benzene rings is 2. The topological polar surface area (TPSA) is 132 Å². The maximum atomic E-state index is 13.3. The standard InChI is InChI=1S/C25H20N4O6/c30-25(22-5-2-14-35-22)27-24(17-8-12-20(13-9-17)29(33)34)21-4-1-3-18(23(21)26-27)15-16-6-10-19(11-7-16)28(31)32/h2,5-15,21,24H,1,3-4H2/b18-15+/t21-,24-/m1/s1. The van der Waals surface area contributed by atoms with E-state index in [9.17, 15) is 25.0 Å². The van der Waals surface area contributed by atoms with Crippen molar-refractivity contribution in [3.8, 4) is 0 Å². The van der Waals surface area contributed by atoms with Gasteiger partial charge in [-0.15, -0.1) is 0 Å². The summed E-state index contributed by atoms with van der Waals surface area (Å²) in [5.74, 6) is -0.343. The van der Waals surface area contributed by atoms with E-state index in [1.807, 2.05) is 6.08 Å². The summed E-state index contributed by atoms with van der Waals surface area (Å²) in [6, 6.07) is 15.2. The van der Waals surface area contributed by atoms with Gasteiger partial charge in [-0.1, -0.05) is 12.1 Å². The number of non-ortho nitro benzene ring substituents is 2. The van der Waals surface area contributed by atoms with Gasteiger partial charge >= 0.3 is 5.91 Å². The molecule has 10 nitrogen and oxygen atoms in total. The van der Waals surface area contributed by atoms with E-state index in [1.165, 1.54) is 35.5 Å². The summed E-state index contributed by atoms with van der Waals surface area (Å²) < 4.78 is 5.33. The number of hydrazone groups is 1. The lowest BCUT2D eigenvalue weighted by Gasteiger charge is -2.29. The summed E-state index contributed by atoms with van der Waals surface area (Å²) in [7, 11) is 0. The van der Waals surface area contributed by atoms with E-state index in [0.29, 0.717) is 0 Å². The van der Waals surface area contributed by atoms with Gasteiger partial charge in [0.25, 0.3) is 11.4 Å². The molecule has 10 heteroatoms. The van der Waals surface area contributed by atoms with Gasteiger partial charge in [0.2, 0.25) is 0 Å². The molecular formula is C25H20N4O6. The lowest BCUT2D eigenvalue weighted by atomic mass is 9.77. The third-order valence-corrected chi connectivity index (χ3v) is 6.33. The third kappa shape index (κ3) is 4.21. The first-order chi connectivity index (χ1) is 16.9. The number of amides is 1. The second-order valence-electron chi connectivity index (χ2n) is 8.42. The lowest BCUT2D eigenvalue weighted by molar-refractivity contribution is -0.385. The molecule has 1 amide bonds. The molecule has 2 aromatic carbocycles. The zero-order valence-electron chi connectivity index (χ0n) is 18.4. The van der Waals surface area contributed by atoms with Crippen LogP contribution < -0.4 is 0 Å². The van der Waals surface area contributed by atoms with Crippen molar-refractivity contribution in [3.63, 3.8) is 0 Å². The van der Waals surface area contributed by atoms with E-state index < -0.39 is 21.8 Å². The number of carbonyl (C=O) groups excluding carboxylic acids is 1. The molecule has 1 aliphatic carbocycles. The zero-order chi connectivity index (χ0) is 24.5. The van der Waals surface area contributed by atoms with Crippen molar-refractivity contribution < 1.29 is 19.1 Å². The van der Waals surface area contributed by atoms with Crippen LogP contribution >= 0.6 is 0 Å². The van der Waals surface area contributed by atoms with E-state index >= 15 is 0 Å². The van der Waals surface area contributed by atoms with Gasteiger partial charge in [0.05, 0.1) is 27.9 Å². The third-order valence-electron chi connectivity index (χ3n) is 6.33. The first kappa shape index (κ1) is 22.2. The smallest absolute Gasteiger partial charge is 0.310 e. The van der Waals surface area contributed by atoms with Crippen molar-refractivity contribution in [2.75, 3.05) is 0 Å². The number of hydrogen-bond acceptors (Lipinski definition) is 7. The number of fused-ring (bicyclic) bond motifs is 1. The molecule has 3 aromatic rings. The zero-order valence-corrected chi connectivity index (χ0v) is 18.4. The molecular weight excluding hydrogens is 452 g/mol. The Morgan fingerprint density at radius 1 is 1.00 bits per heavy atom. The van der Waals surface area contributed by atoms with Crippen LogP contribution in [0.4, 0.5) is 11.4 Å². The number of hydrogen-bond donors (Lipinski definition) is 0. The van der Waals surface area contributed by atoms with Crippen LogP contribution in [-0.2, 0) is 0 Å². The van der Waals surface area contributed by atoms with Gasteiger partial charge in [-0.05, 0) is 66.3 Å². The Kier molecular flexibility index (Phi) is 5.69. The van der Waals surface area contributed by atoms with Crippen molar-refractivity contribution >= 4 is 29.1 Å². The molecule has 2 heterocycles. The number of furan rings is 1. The molecule has 2 aliphatic rings. The van der Waals surface area contributed by atoms with Gasteiger partial charge in [-0.25, -0.2) is 5.01 Å². The van der Waals surface area contributed by atoms with Crippen molar-refractivity contribution in [1.82, 2.24) is 5.01 Å². The summed E-state index contributed by atoms with van der Waals surface area (Å²) >= 11 is 0. The van der Waals surface area contributed by atoms with Gasteiger partial charge in [0.1, 0.15) is 0 Å². The molecule has 0 saturated heterocycles. The second-order valence-corrected chi connectivity index (χ2v) is 8.42. The first-order valence-electron chi connectivity index (χ1n) is 11.1. The normalized spacial score (nSPS) is 20.4. The molecule has 0 spiro atoms. The fourth-order valence-electron chi connectivity index (χ4n) is 4.70. The Morgan fingerprint density at radius 2 is 1.66 bits per heavy atom. The molecule has 0 radical (unpaired) electrons. The van der Waals surface area contributed by atoms with Gasteiger partial charge in [0, 0.05) is 30.2 Å². The van der Waals surface area contributed by atoms with E-state index in [1.54, 1.807) is 36.4 Å². The van der Waals surface area contributed by atoms with Crippen LogP contribution in [0.3, 0.4) is 0 Å². The van der Waals surface area contributed by atoms with E-state index in [4.69, 9.17) is 9.52 Å². The molecule has 176 valence electrons.